The smallest absolute Gasteiger partial charge is 0.334 e. The monoisotopic (exact) mass is 277 g/mol. The number of alkyl halides is 3. The van der Waals surface area contributed by atoms with Crippen LogP contribution >= 0.6 is 0 Å². The van der Waals surface area contributed by atoms with Crippen LogP contribution in [0.4, 0.5) is 13.2 Å². The minimum Gasteiger partial charge on any atom is -0.334 e. The number of hydrogen-bond donors (Lipinski definition) is 1. The number of nitrogens with zero attached hydrogens (tertiary/aromatic N) is 2. The van der Waals surface area contributed by atoms with E-state index < -0.39 is 11.9 Å². The van der Waals surface area contributed by atoms with Gasteiger partial charge in [-0.3, -0.25) is 0 Å². The highest BCUT2D eigenvalue weighted by Crippen LogP contribution is 2.30. The molecule has 0 aliphatic rings. The average Bonchev–Trinajstić information content (AvgIpc) is 2.82. The van der Waals surface area contributed by atoms with E-state index in [1.165, 1.54) is 6.20 Å². The van der Waals surface area contributed by atoms with E-state index in [2.05, 4.69) is 15.0 Å². The first-order valence-corrected chi connectivity index (χ1v) is 5.93. The summed E-state index contributed by atoms with van der Waals surface area (Å²) >= 11 is 0. The molecule has 2 aromatic heterocycles. The number of benzene rings is 1. The highest BCUT2D eigenvalue weighted by molar-refractivity contribution is 5.75. The van der Waals surface area contributed by atoms with Crippen LogP contribution in [0.2, 0.25) is 0 Å². The van der Waals surface area contributed by atoms with Crippen LogP contribution in [0.15, 0.2) is 36.5 Å². The van der Waals surface area contributed by atoms with Crippen molar-refractivity contribution in [2.45, 2.75) is 13.1 Å². The van der Waals surface area contributed by atoms with Gasteiger partial charge in [0.2, 0.25) is 0 Å². The predicted octanol–water partition coefficient (Wildman–Crippen LogP) is 3.95. The van der Waals surface area contributed by atoms with Gasteiger partial charge in [-0.15, -0.1) is 0 Å². The fourth-order valence-corrected chi connectivity index (χ4v) is 1.92. The van der Waals surface area contributed by atoms with Gasteiger partial charge in [-0.05, 0) is 13.0 Å². The molecular weight excluding hydrogens is 267 g/mol. The number of aromatic amines is 1. The number of rotatable bonds is 1. The number of H-pyrrole nitrogens is 1. The van der Waals surface area contributed by atoms with Gasteiger partial charge in [0.05, 0.1) is 11.9 Å². The van der Waals surface area contributed by atoms with Crippen LogP contribution in [0.3, 0.4) is 0 Å². The number of halogens is 3. The Balaban J connectivity index is 2.08. The highest BCUT2D eigenvalue weighted by Gasteiger charge is 2.33. The Kier molecular flexibility index (Phi) is 2.74. The van der Waals surface area contributed by atoms with Crippen LogP contribution in [0.5, 0.6) is 0 Å². The molecule has 0 aliphatic carbocycles. The molecule has 0 unspecified atom stereocenters. The van der Waals surface area contributed by atoms with Gasteiger partial charge in [-0.25, -0.2) is 9.97 Å². The van der Waals surface area contributed by atoms with Crippen LogP contribution in [0.1, 0.15) is 11.3 Å². The Hall–Kier alpha value is -2.37. The molecule has 102 valence electrons. The van der Waals surface area contributed by atoms with E-state index in [-0.39, 0.29) is 11.2 Å². The Morgan fingerprint density at radius 1 is 1.10 bits per heavy atom. The normalized spacial score (nSPS) is 12.0. The molecule has 1 N–H and O–H groups in total. The molecule has 0 radical (unpaired) electrons. The summed E-state index contributed by atoms with van der Waals surface area (Å²) in [7, 11) is 0. The lowest BCUT2D eigenvalue weighted by molar-refractivity contribution is -0.140. The lowest BCUT2D eigenvalue weighted by atomic mass is 10.1. The summed E-state index contributed by atoms with van der Waals surface area (Å²) in [5.41, 5.74) is 1.96. The molecule has 3 aromatic rings. The summed E-state index contributed by atoms with van der Waals surface area (Å²) in [6, 6.07) is 8.53. The maximum absolute atomic E-state index is 12.6. The van der Waals surface area contributed by atoms with Crippen molar-refractivity contribution in [1.29, 1.82) is 0 Å². The molecule has 0 aliphatic heterocycles. The summed E-state index contributed by atoms with van der Waals surface area (Å²) in [5, 5.41) is 0. The van der Waals surface area contributed by atoms with Crippen molar-refractivity contribution in [3.63, 3.8) is 0 Å². The van der Waals surface area contributed by atoms with Gasteiger partial charge in [0.25, 0.3) is 0 Å². The maximum atomic E-state index is 12.6. The van der Waals surface area contributed by atoms with E-state index in [1.807, 2.05) is 31.2 Å². The molecule has 0 saturated carbocycles. The molecule has 3 rings (SSSR count). The molecule has 20 heavy (non-hydrogen) atoms. The van der Waals surface area contributed by atoms with E-state index >= 15 is 0 Å². The Bertz CT molecular complexity index is 757. The third kappa shape index (κ3) is 2.24. The average molecular weight is 277 g/mol. The number of nitrogens with one attached hydrogen (secondary N) is 1. The summed E-state index contributed by atoms with van der Waals surface area (Å²) in [5.74, 6) is 0. The predicted molar refractivity (Wildman–Crippen MR) is 69.1 cm³/mol. The number of fused-ring (bicyclic) bond motifs is 1. The van der Waals surface area contributed by atoms with Crippen molar-refractivity contribution in [1.82, 2.24) is 15.0 Å². The number of aromatic nitrogens is 3. The third-order valence-electron chi connectivity index (χ3n) is 2.99. The Morgan fingerprint density at radius 2 is 1.80 bits per heavy atom. The molecule has 0 bridgehead atoms. The zero-order valence-electron chi connectivity index (χ0n) is 10.5. The molecular formula is C14H10F3N3. The fraction of sp³-hybridized carbons (Fsp3) is 0.143. The number of hydrogen-bond acceptors (Lipinski definition) is 2. The number of aryl methyl sites for hydroxylation is 1. The second-order valence-electron chi connectivity index (χ2n) is 4.54. The summed E-state index contributed by atoms with van der Waals surface area (Å²) in [6.45, 7) is 1.96. The molecule has 2 heterocycles. The topological polar surface area (TPSA) is 41.6 Å². The van der Waals surface area contributed by atoms with Gasteiger partial charge in [-0.1, -0.05) is 29.8 Å². The SMILES string of the molecule is Cc1ccc(-c2cnc3[nH]c(C(F)(F)F)cc3n2)cc1. The Morgan fingerprint density at radius 3 is 2.45 bits per heavy atom. The third-order valence-corrected chi connectivity index (χ3v) is 2.99. The summed E-state index contributed by atoms with van der Waals surface area (Å²) in [4.78, 5) is 10.4. The van der Waals surface area contributed by atoms with Crippen molar-refractivity contribution >= 4 is 11.2 Å². The molecule has 1 aromatic carbocycles. The first-order chi connectivity index (χ1) is 9.43. The van der Waals surface area contributed by atoms with Crippen molar-refractivity contribution < 1.29 is 13.2 Å². The van der Waals surface area contributed by atoms with Crippen LogP contribution in [-0.2, 0) is 6.18 Å². The van der Waals surface area contributed by atoms with Crippen LogP contribution in [0, 0.1) is 6.92 Å². The molecule has 0 atom stereocenters. The second-order valence-corrected chi connectivity index (χ2v) is 4.54. The van der Waals surface area contributed by atoms with Gasteiger partial charge in [0, 0.05) is 5.56 Å². The van der Waals surface area contributed by atoms with Crippen LogP contribution in [-0.4, -0.2) is 15.0 Å². The van der Waals surface area contributed by atoms with Crippen LogP contribution in [0.25, 0.3) is 22.4 Å². The maximum Gasteiger partial charge on any atom is 0.431 e. The standard InChI is InChI=1S/C14H10F3N3/c1-8-2-4-9(5-3-8)11-7-18-13-10(19-11)6-12(20-13)14(15,16)17/h2-7H,1H3,(H,18,20). The fourth-order valence-electron chi connectivity index (χ4n) is 1.92. The zero-order chi connectivity index (χ0) is 14.3. The van der Waals surface area contributed by atoms with Crippen LogP contribution < -0.4 is 0 Å². The van der Waals surface area contributed by atoms with E-state index in [0.29, 0.717) is 5.69 Å². The zero-order valence-corrected chi connectivity index (χ0v) is 10.5. The highest BCUT2D eigenvalue weighted by atomic mass is 19.4. The second kappa shape index (κ2) is 4.33. The molecule has 0 fully saturated rings. The summed E-state index contributed by atoms with van der Waals surface area (Å²) in [6.07, 6.45) is -2.96. The van der Waals surface area contributed by atoms with Crippen molar-refractivity contribution in [3.05, 3.63) is 47.8 Å². The van der Waals surface area contributed by atoms with E-state index in [9.17, 15) is 13.2 Å². The van der Waals surface area contributed by atoms with Gasteiger partial charge in [0.15, 0.2) is 5.65 Å². The first-order valence-electron chi connectivity index (χ1n) is 5.93. The van der Waals surface area contributed by atoms with Gasteiger partial charge >= 0.3 is 6.18 Å². The molecule has 6 heteroatoms. The minimum atomic E-state index is -4.42. The summed E-state index contributed by atoms with van der Waals surface area (Å²) < 4.78 is 37.8. The van der Waals surface area contributed by atoms with E-state index in [1.54, 1.807) is 0 Å². The first kappa shape index (κ1) is 12.7. The van der Waals surface area contributed by atoms with Gasteiger partial charge in [0.1, 0.15) is 11.2 Å². The molecule has 3 nitrogen and oxygen atoms in total. The van der Waals surface area contributed by atoms with Crippen molar-refractivity contribution in [2.75, 3.05) is 0 Å². The molecule has 0 spiro atoms. The minimum absolute atomic E-state index is 0.133. The van der Waals surface area contributed by atoms with Gasteiger partial charge < -0.3 is 4.98 Å². The Labute approximate surface area is 112 Å². The lowest BCUT2D eigenvalue weighted by Gasteiger charge is -2.00. The molecule has 0 saturated heterocycles. The lowest BCUT2D eigenvalue weighted by Crippen LogP contribution is -2.04. The van der Waals surface area contributed by atoms with Gasteiger partial charge in [-0.2, -0.15) is 13.2 Å². The van der Waals surface area contributed by atoms with E-state index in [0.717, 1.165) is 17.2 Å². The molecule has 0 amide bonds. The quantitative estimate of drug-likeness (QED) is 0.731. The van der Waals surface area contributed by atoms with E-state index in [4.69, 9.17) is 0 Å². The largest absolute Gasteiger partial charge is 0.431 e. The van der Waals surface area contributed by atoms with Crippen molar-refractivity contribution in [3.8, 4) is 11.3 Å². The van der Waals surface area contributed by atoms with Crippen molar-refractivity contribution in [2.24, 2.45) is 0 Å².